The molecule has 1 aliphatic carbocycles. The van der Waals surface area contributed by atoms with Gasteiger partial charge in [0.1, 0.15) is 0 Å². The molecule has 0 amide bonds. The maximum atomic E-state index is 2.82. The van der Waals surface area contributed by atoms with E-state index >= 15 is 0 Å². The first-order chi connectivity index (χ1) is 7.65. The first-order valence-electron chi connectivity index (χ1n) is 7.09. The Morgan fingerprint density at radius 1 is 0.875 bits per heavy atom. The molecule has 0 unspecified atom stereocenters. The van der Waals surface area contributed by atoms with Crippen molar-refractivity contribution < 1.29 is 0 Å². The minimum absolute atomic E-state index is 0.541. The van der Waals surface area contributed by atoms with Crippen LogP contribution in [0.2, 0.25) is 0 Å². The first-order valence-corrected chi connectivity index (χ1v) is 7.09. The lowest BCUT2D eigenvalue weighted by molar-refractivity contribution is -0.0175. The lowest BCUT2D eigenvalue weighted by atomic mass is 9.72. The fourth-order valence-corrected chi connectivity index (χ4v) is 3.67. The van der Waals surface area contributed by atoms with Crippen LogP contribution in [0.15, 0.2) is 0 Å². The van der Waals surface area contributed by atoms with E-state index in [4.69, 9.17) is 0 Å². The maximum Gasteiger partial charge on any atom is 0.0233 e. The zero-order valence-electron chi connectivity index (χ0n) is 11.3. The normalized spacial score (nSPS) is 28.5. The first kappa shape index (κ1) is 12.4. The van der Waals surface area contributed by atoms with Crippen molar-refractivity contribution in [2.45, 2.75) is 51.5 Å². The maximum absolute atomic E-state index is 2.82. The van der Waals surface area contributed by atoms with E-state index in [0.717, 1.165) is 5.92 Å². The Balaban J connectivity index is 2.06. The molecule has 0 spiro atoms. The summed E-state index contributed by atoms with van der Waals surface area (Å²) in [5.41, 5.74) is 0.541. The van der Waals surface area contributed by atoms with Gasteiger partial charge in [0.2, 0.25) is 0 Å². The Hall–Kier alpha value is -0.0800. The van der Waals surface area contributed by atoms with Gasteiger partial charge in [-0.2, -0.15) is 0 Å². The zero-order chi connectivity index (χ0) is 11.6. The number of hydrogen-bond donors (Lipinski definition) is 0. The number of nitrogens with zero attached hydrogens (tertiary/aromatic N) is 2. The molecule has 0 aromatic rings. The third kappa shape index (κ3) is 2.28. The molecule has 0 aromatic carbocycles. The predicted octanol–water partition coefficient (Wildman–Crippen LogP) is 2.59. The molecule has 0 aromatic heterocycles. The van der Waals surface area contributed by atoms with Crippen molar-refractivity contribution in [1.82, 2.24) is 9.80 Å². The molecule has 94 valence electrons. The second kappa shape index (κ2) is 5.05. The van der Waals surface area contributed by atoms with E-state index in [1.807, 2.05) is 0 Å². The van der Waals surface area contributed by atoms with E-state index in [0.29, 0.717) is 5.54 Å². The van der Waals surface area contributed by atoms with Crippen LogP contribution >= 0.6 is 0 Å². The second-order valence-corrected chi connectivity index (χ2v) is 6.11. The molecule has 2 nitrogen and oxygen atoms in total. The van der Waals surface area contributed by atoms with Crippen LogP contribution in [0.4, 0.5) is 0 Å². The standard InChI is InChI=1S/C14H28N2/c1-13(2)14(7-5-4-6-8-14)16-11-9-15(3)10-12-16/h13H,4-12H2,1-3H3. The number of piperazine rings is 1. The summed E-state index contributed by atoms with van der Waals surface area (Å²) in [4.78, 5) is 5.28. The fourth-order valence-electron chi connectivity index (χ4n) is 3.67. The van der Waals surface area contributed by atoms with Crippen LogP contribution in [0, 0.1) is 5.92 Å². The molecular formula is C14H28N2. The molecule has 16 heavy (non-hydrogen) atoms. The molecule has 1 heterocycles. The second-order valence-electron chi connectivity index (χ2n) is 6.11. The molecule has 0 atom stereocenters. The molecule has 2 rings (SSSR count). The van der Waals surface area contributed by atoms with Crippen molar-refractivity contribution in [2.24, 2.45) is 5.92 Å². The summed E-state index contributed by atoms with van der Waals surface area (Å²) >= 11 is 0. The van der Waals surface area contributed by atoms with Crippen molar-refractivity contribution in [2.75, 3.05) is 33.2 Å². The van der Waals surface area contributed by atoms with Gasteiger partial charge in [-0.25, -0.2) is 0 Å². The Morgan fingerprint density at radius 2 is 1.44 bits per heavy atom. The highest BCUT2D eigenvalue weighted by atomic mass is 15.3. The molecule has 2 fully saturated rings. The molecule has 1 aliphatic heterocycles. The largest absolute Gasteiger partial charge is 0.304 e. The van der Waals surface area contributed by atoms with Crippen molar-refractivity contribution in [1.29, 1.82) is 0 Å². The van der Waals surface area contributed by atoms with E-state index in [1.54, 1.807) is 0 Å². The lowest BCUT2D eigenvalue weighted by Crippen LogP contribution is -2.59. The van der Waals surface area contributed by atoms with Gasteiger partial charge in [0.15, 0.2) is 0 Å². The summed E-state index contributed by atoms with van der Waals surface area (Å²) in [6.07, 6.45) is 7.24. The summed E-state index contributed by atoms with van der Waals surface area (Å²) in [6, 6.07) is 0. The zero-order valence-corrected chi connectivity index (χ0v) is 11.3. The van der Waals surface area contributed by atoms with E-state index in [9.17, 15) is 0 Å². The van der Waals surface area contributed by atoms with Crippen molar-refractivity contribution in [3.63, 3.8) is 0 Å². The number of likely N-dealkylation sites (N-methyl/N-ethyl adjacent to an activating group) is 1. The third-order valence-electron chi connectivity index (χ3n) is 4.93. The highest BCUT2D eigenvalue weighted by molar-refractivity contribution is 4.97. The summed E-state index contributed by atoms with van der Waals surface area (Å²) < 4.78 is 0. The molecule has 1 saturated carbocycles. The van der Waals surface area contributed by atoms with Gasteiger partial charge in [-0.3, -0.25) is 4.90 Å². The Kier molecular flexibility index (Phi) is 3.91. The van der Waals surface area contributed by atoms with E-state index in [-0.39, 0.29) is 0 Å². The van der Waals surface area contributed by atoms with Crippen LogP contribution in [-0.4, -0.2) is 48.6 Å². The minimum atomic E-state index is 0.541. The van der Waals surface area contributed by atoms with Gasteiger partial charge in [-0.1, -0.05) is 33.1 Å². The van der Waals surface area contributed by atoms with Gasteiger partial charge in [0.25, 0.3) is 0 Å². The van der Waals surface area contributed by atoms with Gasteiger partial charge in [0, 0.05) is 31.7 Å². The van der Waals surface area contributed by atoms with Crippen molar-refractivity contribution in [3.8, 4) is 0 Å². The average molecular weight is 224 g/mol. The fraction of sp³-hybridized carbons (Fsp3) is 1.00. The molecule has 2 aliphatic rings. The monoisotopic (exact) mass is 224 g/mol. The summed E-state index contributed by atoms with van der Waals surface area (Å²) in [5.74, 6) is 0.816. The smallest absolute Gasteiger partial charge is 0.0233 e. The molecule has 0 radical (unpaired) electrons. The van der Waals surface area contributed by atoms with Gasteiger partial charge >= 0.3 is 0 Å². The summed E-state index contributed by atoms with van der Waals surface area (Å²) in [5, 5.41) is 0. The minimum Gasteiger partial charge on any atom is -0.304 e. The van der Waals surface area contributed by atoms with E-state index in [1.165, 1.54) is 58.3 Å². The lowest BCUT2D eigenvalue weighted by Gasteiger charge is -2.52. The molecular weight excluding hydrogens is 196 g/mol. The number of hydrogen-bond acceptors (Lipinski definition) is 2. The number of rotatable bonds is 2. The Labute approximate surface area is 101 Å². The topological polar surface area (TPSA) is 6.48 Å². The highest BCUT2D eigenvalue weighted by Gasteiger charge is 2.41. The van der Waals surface area contributed by atoms with Crippen molar-refractivity contribution in [3.05, 3.63) is 0 Å². The van der Waals surface area contributed by atoms with Gasteiger partial charge in [-0.05, 0) is 25.8 Å². The molecule has 0 N–H and O–H groups in total. The van der Waals surface area contributed by atoms with Gasteiger partial charge < -0.3 is 4.90 Å². The van der Waals surface area contributed by atoms with Crippen LogP contribution in [-0.2, 0) is 0 Å². The van der Waals surface area contributed by atoms with Crippen LogP contribution in [0.25, 0.3) is 0 Å². The van der Waals surface area contributed by atoms with Crippen LogP contribution in [0.5, 0.6) is 0 Å². The van der Waals surface area contributed by atoms with Crippen molar-refractivity contribution >= 4 is 0 Å². The van der Waals surface area contributed by atoms with Crippen LogP contribution < -0.4 is 0 Å². The quantitative estimate of drug-likeness (QED) is 0.711. The highest BCUT2D eigenvalue weighted by Crippen LogP contribution is 2.39. The molecule has 0 bridgehead atoms. The van der Waals surface area contributed by atoms with E-state index in [2.05, 4.69) is 30.7 Å². The summed E-state index contributed by atoms with van der Waals surface area (Å²) in [7, 11) is 2.25. The van der Waals surface area contributed by atoms with Crippen LogP contribution in [0.3, 0.4) is 0 Å². The Bertz CT molecular complexity index is 211. The summed E-state index contributed by atoms with van der Waals surface area (Å²) in [6.45, 7) is 9.96. The predicted molar refractivity (Wildman–Crippen MR) is 69.7 cm³/mol. The van der Waals surface area contributed by atoms with Crippen LogP contribution in [0.1, 0.15) is 46.0 Å². The SMILES string of the molecule is CC(C)C1(N2CCN(C)CC2)CCCCC1. The molecule has 1 saturated heterocycles. The van der Waals surface area contributed by atoms with Gasteiger partial charge in [0.05, 0.1) is 0 Å². The average Bonchev–Trinajstić information content (AvgIpc) is 2.30. The molecule has 2 heteroatoms. The Morgan fingerprint density at radius 3 is 1.94 bits per heavy atom. The third-order valence-corrected chi connectivity index (χ3v) is 4.93. The van der Waals surface area contributed by atoms with E-state index < -0.39 is 0 Å². The van der Waals surface area contributed by atoms with Gasteiger partial charge in [-0.15, -0.1) is 0 Å².